The van der Waals surface area contributed by atoms with Crippen LogP contribution in [0, 0.1) is 12.8 Å². The molecule has 0 unspecified atom stereocenters. The monoisotopic (exact) mass is 466 g/mol. The van der Waals surface area contributed by atoms with E-state index in [4.69, 9.17) is 4.42 Å². The third kappa shape index (κ3) is 4.20. The lowest BCUT2D eigenvalue weighted by molar-refractivity contribution is -0.120. The van der Waals surface area contributed by atoms with Crippen molar-refractivity contribution in [1.29, 1.82) is 0 Å². The lowest BCUT2D eigenvalue weighted by atomic mass is 9.97. The largest absolute Gasteiger partial charge is 0.423 e. The third-order valence-corrected chi connectivity index (χ3v) is 8.65. The van der Waals surface area contributed by atoms with Crippen molar-refractivity contribution in [1.82, 2.24) is 4.31 Å². The van der Waals surface area contributed by atoms with Crippen molar-refractivity contribution in [3.05, 3.63) is 69.6 Å². The highest BCUT2D eigenvalue weighted by Crippen LogP contribution is 2.29. The zero-order valence-corrected chi connectivity index (χ0v) is 19.3. The van der Waals surface area contributed by atoms with Crippen molar-refractivity contribution in [2.24, 2.45) is 5.92 Å². The van der Waals surface area contributed by atoms with Crippen LogP contribution in [0.15, 0.2) is 56.6 Å². The summed E-state index contributed by atoms with van der Waals surface area (Å²) in [5.74, 6) is -0.435. The number of nitrogens with zero attached hydrogens (tertiary/aromatic N) is 1. The van der Waals surface area contributed by atoms with E-state index in [0.29, 0.717) is 42.1 Å². The number of anilines is 1. The molecule has 1 aliphatic heterocycles. The van der Waals surface area contributed by atoms with E-state index in [9.17, 15) is 18.0 Å². The van der Waals surface area contributed by atoms with E-state index < -0.39 is 15.6 Å². The Bertz CT molecular complexity index is 1400. The van der Waals surface area contributed by atoms with Crippen LogP contribution < -0.4 is 10.9 Å². The molecule has 1 N–H and O–H groups in total. The Morgan fingerprint density at radius 3 is 2.58 bits per heavy atom. The van der Waals surface area contributed by atoms with Crippen molar-refractivity contribution >= 4 is 32.6 Å². The van der Waals surface area contributed by atoms with Gasteiger partial charge in [-0.2, -0.15) is 4.31 Å². The van der Waals surface area contributed by atoms with Crippen molar-refractivity contribution in [3.8, 4) is 0 Å². The Balaban J connectivity index is 1.25. The molecule has 0 atom stereocenters. The molecule has 3 aromatic rings. The fourth-order valence-electron chi connectivity index (χ4n) is 4.86. The topological polar surface area (TPSA) is 96.7 Å². The van der Waals surface area contributed by atoms with Gasteiger partial charge in [0, 0.05) is 42.2 Å². The summed E-state index contributed by atoms with van der Waals surface area (Å²) in [6.07, 6.45) is 3.93. The van der Waals surface area contributed by atoms with Gasteiger partial charge in [0.1, 0.15) is 5.58 Å². The van der Waals surface area contributed by atoms with Gasteiger partial charge in [0.05, 0.1) is 4.90 Å². The lowest BCUT2D eigenvalue weighted by Crippen LogP contribution is -2.41. The van der Waals surface area contributed by atoms with E-state index >= 15 is 0 Å². The van der Waals surface area contributed by atoms with Crippen molar-refractivity contribution in [2.45, 2.75) is 43.9 Å². The number of hydrogen-bond acceptors (Lipinski definition) is 5. The first-order chi connectivity index (χ1) is 15.8. The van der Waals surface area contributed by atoms with Gasteiger partial charge in [-0.25, -0.2) is 13.2 Å². The van der Waals surface area contributed by atoms with Gasteiger partial charge in [-0.05, 0) is 80.0 Å². The molecule has 1 aliphatic carbocycles. The lowest BCUT2D eigenvalue weighted by Gasteiger charge is -2.30. The van der Waals surface area contributed by atoms with Gasteiger partial charge < -0.3 is 9.73 Å². The molecule has 0 saturated carbocycles. The van der Waals surface area contributed by atoms with Gasteiger partial charge in [0.2, 0.25) is 15.9 Å². The minimum atomic E-state index is -3.56. The molecule has 1 fully saturated rings. The maximum absolute atomic E-state index is 13.1. The predicted molar refractivity (Wildman–Crippen MR) is 126 cm³/mol. The van der Waals surface area contributed by atoms with E-state index in [-0.39, 0.29) is 11.8 Å². The number of fused-ring (bicyclic) bond motifs is 2. The second kappa shape index (κ2) is 8.43. The van der Waals surface area contributed by atoms with Crippen molar-refractivity contribution < 1.29 is 17.6 Å². The Hall–Kier alpha value is -2.97. The average molecular weight is 467 g/mol. The van der Waals surface area contributed by atoms with E-state index in [2.05, 4.69) is 5.32 Å². The molecule has 33 heavy (non-hydrogen) atoms. The second-order valence-corrected chi connectivity index (χ2v) is 10.8. The summed E-state index contributed by atoms with van der Waals surface area (Å²) < 4.78 is 33.0. The van der Waals surface area contributed by atoms with Crippen LogP contribution in [0.1, 0.15) is 36.0 Å². The normalized spacial score (nSPS) is 17.2. The molecule has 8 heteroatoms. The quantitative estimate of drug-likeness (QED) is 0.593. The van der Waals surface area contributed by atoms with Crippen molar-refractivity contribution in [2.75, 3.05) is 18.4 Å². The summed E-state index contributed by atoms with van der Waals surface area (Å²) in [5.41, 5.74) is 3.73. The summed E-state index contributed by atoms with van der Waals surface area (Å²) in [6, 6.07) is 12.1. The molecular weight excluding hydrogens is 440 g/mol. The first-order valence-electron chi connectivity index (χ1n) is 11.3. The Morgan fingerprint density at radius 1 is 1.03 bits per heavy atom. The van der Waals surface area contributed by atoms with Gasteiger partial charge in [0.15, 0.2) is 0 Å². The van der Waals surface area contributed by atoms with Crippen molar-refractivity contribution in [3.63, 3.8) is 0 Å². The molecule has 1 aromatic heterocycles. The van der Waals surface area contributed by atoms with E-state index in [1.165, 1.54) is 15.9 Å². The number of aryl methyl sites for hydroxylation is 3. The highest BCUT2D eigenvalue weighted by molar-refractivity contribution is 7.89. The molecule has 172 valence electrons. The summed E-state index contributed by atoms with van der Waals surface area (Å²) in [7, 11) is -3.56. The second-order valence-electron chi connectivity index (χ2n) is 8.91. The van der Waals surface area contributed by atoms with Crippen LogP contribution in [-0.4, -0.2) is 31.7 Å². The minimum absolute atomic E-state index is 0.154. The number of carbonyl (C=O) groups is 1. The van der Waals surface area contributed by atoms with Crippen LogP contribution in [-0.2, 0) is 27.7 Å². The molecule has 5 rings (SSSR count). The SMILES string of the molecule is Cc1cc(=O)oc2cc(NC(=O)C3CCN(S(=O)(=O)c4ccc5c(c4)CCC5)CC3)ccc12. The van der Waals surface area contributed by atoms with Crippen LogP contribution in [0.2, 0.25) is 0 Å². The van der Waals surface area contributed by atoms with Gasteiger partial charge in [-0.15, -0.1) is 0 Å². The number of amides is 1. The average Bonchev–Trinajstić information content (AvgIpc) is 3.27. The Labute approximate surface area is 192 Å². The fraction of sp³-hybridized carbons (Fsp3) is 0.360. The highest BCUT2D eigenvalue weighted by atomic mass is 32.2. The van der Waals surface area contributed by atoms with E-state index in [1.807, 2.05) is 25.1 Å². The summed E-state index contributed by atoms with van der Waals surface area (Å²) in [4.78, 5) is 24.8. The molecule has 0 radical (unpaired) electrons. The molecule has 1 saturated heterocycles. The number of piperidine rings is 1. The summed E-state index contributed by atoms with van der Waals surface area (Å²) in [5, 5.41) is 3.70. The summed E-state index contributed by atoms with van der Waals surface area (Å²) >= 11 is 0. The first-order valence-corrected chi connectivity index (χ1v) is 12.7. The molecular formula is C25H26N2O5S. The first kappa shape index (κ1) is 21.9. The number of nitrogens with one attached hydrogen (secondary N) is 1. The molecule has 1 amide bonds. The molecule has 7 nitrogen and oxygen atoms in total. The summed E-state index contributed by atoms with van der Waals surface area (Å²) in [6.45, 7) is 2.45. The van der Waals surface area contributed by atoms with Gasteiger partial charge in [0.25, 0.3) is 0 Å². The molecule has 2 aromatic carbocycles. The predicted octanol–water partition coefficient (Wildman–Crippen LogP) is 3.63. The van der Waals surface area contributed by atoms with Crippen LogP contribution in [0.3, 0.4) is 0 Å². The number of hydrogen-bond donors (Lipinski definition) is 1. The molecule has 2 aliphatic rings. The molecule has 2 heterocycles. The molecule has 0 bridgehead atoms. The zero-order chi connectivity index (χ0) is 23.2. The smallest absolute Gasteiger partial charge is 0.336 e. The van der Waals surface area contributed by atoms with Gasteiger partial charge in [-0.1, -0.05) is 6.07 Å². The van der Waals surface area contributed by atoms with Gasteiger partial charge in [-0.3, -0.25) is 4.79 Å². The standard InChI is InChI=1S/C25H26N2O5S/c1-16-13-24(28)32-23-15-20(6-8-22(16)23)26-25(29)18-9-11-27(12-10-18)33(30,31)21-7-5-17-3-2-4-19(17)14-21/h5-8,13-15,18H,2-4,9-12H2,1H3,(H,26,29). The maximum atomic E-state index is 13.1. The van der Waals surface area contributed by atoms with Crippen LogP contribution in [0.25, 0.3) is 11.0 Å². The zero-order valence-electron chi connectivity index (χ0n) is 18.5. The van der Waals surface area contributed by atoms with E-state index in [0.717, 1.165) is 35.8 Å². The Morgan fingerprint density at radius 2 is 1.79 bits per heavy atom. The van der Waals surface area contributed by atoms with E-state index in [1.54, 1.807) is 18.2 Å². The van der Waals surface area contributed by atoms with Crippen LogP contribution in [0.5, 0.6) is 0 Å². The fourth-order valence-corrected chi connectivity index (χ4v) is 6.38. The van der Waals surface area contributed by atoms with Crippen LogP contribution in [0.4, 0.5) is 5.69 Å². The number of benzene rings is 2. The van der Waals surface area contributed by atoms with Crippen LogP contribution >= 0.6 is 0 Å². The number of carbonyl (C=O) groups excluding carboxylic acids is 1. The number of sulfonamides is 1. The number of rotatable bonds is 4. The molecule has 0 spiro atoms. The Kier molecular flexibility index (Phi) is 5.58. The van der Waals surface area contributed by atoms with Gasteiger partial charge >= 0.3 is 5.63 Å². The third-order valence-electron chi connectivity index (χ3n) is 6.75. The highest BCUT2D eigenvalue weighted by Gasteiger charge is 2.32. The minimum Gasteiger partial charge on any atom is -0.423 e. The maximum Gasteiger partial charge on any atom is 0.336 e.